The summed E-state index contributed by atoms with van der Waals surface area (Å²) >= 11 is 0. The van der Waals surface area contributed by atoms with Crippen molar-refractivity contribution in [1.29, 1.82) is 0 Å². The number of aryl methyl sites for hydroxylation is 2. The Morgan fingerprint density at radius 3 is 2.42 bits per heavy atom. The standard InChI is InChI=1S/C26H28N2O5/c1-15-5-11-20-21(12-15)25(31)28(24(20)30)19-9-7-18(8-10-19)26(32)33-14-23(29)27-22-13-16(2)4-6-17(22)3/h4,6-10,13,15,20-21H,5,11-12,14H2,1-3H3,(H,27,29)/t15-,20-,21+/m1/s1. The minimum atomic E-state index is -0.653. The van der Waals surface area contributed by atoms with Gasteiger partial charge in [-0.3, -0.25) is 19.3 Å². The van der Waals surface area contributed by atoms with E-state index in [4.69, 9.17) is 4.74 Å². The molecular weight excluding hydrogens is 420 g/mol. The van der Waals surface area contributed by atoms with Gasteiger partial charge in [-0.1, -0.05) is 19.1 Å². The van der Waals surface area contributed by atoms with Crippen LogP contribution in [0.3, 0.4) is 0 Å². The molecule has 1 saturated heterocycles. The summed E-state index contributed by atoms with van der Waals surface area (Å²) in [5.74, 6) is -1.45. The molecule has 1 heterocycles. The van der Waals surface area contributed by atoms with E-state index in [-0.39, 0.29) is 29.2 Å². The zero-order valence-electron chi connectivity index (χ0n) is 19.1. The van der Waals surface area contributed by atoms with Crippen molar-refractivity contribution in [2.24, 2.45) is 17.8 Å². The van der Waals surface area contributed by atoms with Gasteiger partial charge < -0.3 is 10.1 Å². The van der Waals surface area contributed by atoms with Gasteiger partial charge >= 0.3 is 5.97 Å². The molecule has 2 aromatic carbocycles. The van der Waals surface area contributed by atoms with Crippen LogP contribution in [0.4, 0.5) is 11.4 Å². The number of hydrogen-bond acceptors (Lipinski definition) is 5. The molecule has 1 N–H and O–H groups in total. The van der Waals surface area contributed by atoms with Crippen molar-refractivity contribution in [2.45, 2.75) is 40.0 Å². The lowest BCUT2D eigenvalue weighted by molar-refractivity contribution is -0.122. The number of hydrogen-bond donors (Lipinski definition) is 1. The maximum atomic E-state index is 12.9. The molecule has 0 aromatic heterocycles. The number of carbonyl (C=O) groups excluding carboxylic acids is 4. The first-order valence-electron chi connectivity index (χ1n) is 11.3. The third-order valence-electron chi connectivity index (χ3n) is 6.55. The molecule has 0 unspecified atom stereocenters. The second kappa shape index (κ2) is 9.17. The SMILES string of the molecule is Cc1ccc(C)c(NC(=O)COC(=O)c2ccc(N3C(=O)[C@H]4C[C@H](C)CC[C@H]4C3=O)cc2)c1. The Balaban J connectivity index is 1.36. The topological polar surface area (TPSA) is 92.8 Å². The molecule has 1 saturated carbocycles. The van der Waals surface area contributed by atoms with E-state index in [1.54, 1.807) is 12.1 Å². The summed E-state index contributed by atoms with van der Waals surface area (Å²) in [6.45, 7) is 5.50. The molecule has 7 heteroatoms. The number of nitrogens with zero attached hydrogens (tertiary/aromatic N) is 1. The molecular formula is C26H28N2O5. The normalized spacial score (nSPS) is 22.2. The van der Waals surface area contributed by atoms with E-state index in [1.807, 2.05) is 32.0 Å². The highest BCUT2D eigenvalue weighted by atomic mass is 16.5. The average Bonchev–Trinajstić information content (AvgIpc) is 3.04. The van der Waals surface area contributed by atoms with E-state index >= 15 is 0 Å². The molecule has 0 spiro atoms. The van der Waals surface area contributed by atoms with Crippen LogP contribution in [0.1, 0.15) is 47.7 Å². The molecule has 2 fully saturated rings. The van der Waals surface area contributed by atoms with Crippen molar-refractivity contribution >= 4 is 35.1 Å². The number of imide groups is 1. The Kier molecular flexibility index (Phi) is 6.31. The number of rotatable bonds is 5. The second-order valence-corrected chi connectivity index (χ2v) is 9.13. The van der Waals surface area contributed by atoms with Crippen LogP contribution >= 0.6 is 0 Å². The van der Waals surface area contributed by atoms with Crippen LogP contribution in [0.5, 0.6) is 0 Å². The number of carbonyl (C=O) groups is 4. The van der Waals surface area contributed by atoms with Gasteiger partial charge in [0.1, 0.15) is 0 Å². The van der Waals surface area contributed by atoms with Crippen molar-refractivity contribution in [2.75, 3.05) is 16.8 Å². The molecule has 0 radical (unpaired) electrons. The largest absolute Gasteiger partial charge is 0.452 e. The molecule has 1 aliphatic carbocycles. The van der Waals surface area contributed by atoms with Gasteiger partial charge in [0, 0.05) is 5.69 Å². The van der Waals surface area contributed by atoms with Crippen LogP contribution in [0.15, 0.2) is 42.5 Å². The summed E-state index contributed by atoms with van der Waals surface area (Å²) in [5.41, 5.74) is 3.29. The van der Waals surface area contributed by atoms with E-state index in [0.29, 0.717) is 17.3 Å². The summed E-state index contributed by atoms with van der Waals surface area (Å²) in [5, 5.41) is 2.74. The summed E-state index contributed by atoms with van der Waals surface area (Å²) in [6.07, 6.45) is 2.43. The van der Waals surface area contributed by atoms with Crippen LogP contribution in [-0.4, -0.2) is 30.3 Å². The molecule has 4 rings (SSSR count). The minimum Gasteiger partial charge on any atom is -0.452 e. The van der Waals surface area contributed by atoms with Gasteiger partial charge in [-0.25, -0.2) is 4.79 Å². The fraction of sp³-hybridized carbons (Fsp3) is 0.385. The first-order valence-corrected chi connectivity index (χ1v) is 11.3. The smallest absolute Gasteiger partial charge is 0.338 e. The number of fused-ring (bicyclic) bond motifs is 1. The van der Waals surface area contributed by atoms with E-state index < -0.39 is 18.5 Å². The van der Waals surface area contributed by atoms with Gasteiger partial charge in [0.2, 0.25) is 11.8 Å². The van der Waals surface area contributed by atoms with Gasteiger partial charge in [0.15, 0.2) is 6.61 Å². The van der Waals surface area contributed by atoms with Crippen LogP contribution in [0.2, 0.25) is 0 Å². The fourth-order valence-corrected chi connectivity index (χ4v) is 4.66. The van der Waals surface area contributed by atoms with Crippen molar-refractivity contribution < 1.29 is 23.9 Å². The average molecular weight is 449 g/mol. The van der Waals surface area contributed by atoms with Crippen LogP contribution in [0.25, 0.3) is 0 Å². The Morgan fingerprint density at radius 2 is 1.70 bits per heavy atom. The number of esters is 1. The lowest BCUT2D eigenvalue weighted by atomic mass is 9.76. The van der Waals surface area contributed by atoms with Gasteiger partial charge in [-0.15, -0.1) is 0 Å². The van der Waals surface area contributed by atoms with Gasteiger partial charge in [0.25, 0.3) is 5.91 Å². The maximum Gasteiger partial charge on any atom is 0.338 e. The number of benzene rings is 2. The Hall–Kier alpha value is -3.48. The zero-order chi connectivity index (χ0) is 23.7. The first kappa shape index (κ1) is 22.7. The van der Waals surface area contributed by atoms with E-state index in [0.717, 1.165) is 30.4 Å². The molecule has 0 bridgehead atoms. The lowest BCUT2D eigenvalue weighted by Crippen LogP contribution is -2.30. The van der Waals surface area contributed by atoms with Crippen LogP contribution in [-0.2, 0) is 19.1 Å². The van der Waals surface area contributed by atoms with Gasteiger partial charge in [-0.05, 0) is 80.5 Å². The summed E-state index contributed by atoms with van der Waals surface area (Å²) in [4.78, 5) is 51.5. The highest BCUT2D eigenvalue weighted by molar-refractivity contribution is 6.22. The minimum absolute atomic E-state index is 0.157. The summed E-state index contributed by atoms with van der Waals surface area (Å²) in [6, 6.07) is 11.9. The number of nitrogens with one attached hydrogen (secondary N) is 1. The number of amides is 3. The van der Waals surface area contributed by atoms with Crippen molar-refractivity contribution in [3.8, 4) is 0 Å². The van der Waals surface area contributed by atoms with E-state index in [1.165, 1.54) is 17.0 Å². The summed E-state index contributed by atoms with van der Waals surface area (Å²) in [7, 11) is 0. The van der Waals surface area contributed by atoms with Gasteiger partial charge in [-0.2, -0.15) is 0 Å². The molecule has 7 nitrogen and oxygen atoms in total. The molecule has 3 amide bonds. The highest BCUT2D eigenvalue weighted by Gasteiger charge is 2.49. The predicted octanol–water partition coefficient (Wildman–Crippen LogP) is 4.02. The Bertz CT molecular complexity index is 1110. The van der Waals surface area contributed by atoms with Crippen molar-refractivity contribution in [3.63, 3.8) is 0 Å². The molecule has 3 atom stereocenters. The Morgan fingerprint density at radius 1 is 1.00 bits per heavy atom. The molecule has 33 heavy (non-hydrogen) atoms. The third kappa shape index (κ3) is 4.67. The highest BCUT2D eigenvalue weighted by Crippen LogP contribution is 2.42. The molecule has 2 aromatic rings. The lowest BCUT2D eigenvalue weighted by Gasteiger charge is -2.25. The monoisotopic (exact) mass is 448 g/mol. The van der Waals surface area contributed by atoms with E-state index in [9.17, 15) is 19.2 Å². The number of ether oxygens (including phenoxy) is 1. The number of anilines is 2. The zero-order valence-corrected chi connectivity index (χ0v) is 19.1. The molecule has 2 aliphatic rings. The van der Waals surface area contributed by atoms with Crippen molar-refractivity contribution in [3.05, 3.63) is 59.2 Å². The predicted molar refractivity (Wildman–Crippen MR) is 124 cm³/mol. The molecule has 1 aliphatic heterocycles. The first-order chi connectivity index (χ1) is 15.7. The quantitative estimate of drug-likeness (QED) is 0.551. The van der Waals surface area contributed by atoms with Crippen molar-refractivity contribution in [1.82, 2.24) is 0 Å². The fourth-order valence-electron chi connectivity index (χ4n) is 4.66. The second-order valence-electron chi connectivity index (χ2n) is 9.13. The summed E-state index contributed by atoms with van der Waals surface area (Å²) < 4.78 is 5.13. The van der Waals surface area contributed by atoms with E-state index in [2.05, 4.69) is 12.2 Å². The Labute approximate surface area is 193 Å². The molecule has 172 valence electrons. The van der Waals surface area contributed by atoms with Crippen LogP contribution < -0.4 is 10.2 Å². The maximum absolute atomic E-state index is 12.9. The van der Waals surface area contributed by atoms with Crippen LogP contribution in [0, 0.1) is 31.6 Å². The third-order valence-corrected chi connectivity index (χ3v) is 6.55. The van der Waals surface area contributed by atoms with Gasteiger partial charge in [0.05, 0.1) is 23.1 Å².